The Hall–Kier alpha value is -2.16. The molecule has 1 atom stereocenters. The van der Waals surface area contributed by atoms with Crippen LogP contribution in [0.5, 0.6) is 5.75 Å². The monoisotopic (exact) mass is 314 g/mol. The van der Waals surface area contributed by atoms with E-state index < -0.39 is 20.7 Å². The second kappa shape index (κ2) is 6.08. The van der Waals surface area contributed by atoms with E-state index in [1.165, 1.54) is 24.3 Å². The largest absolute Gasteiger partial charge is 0.484 e. The molecule has 1 aliphatic heterocycles. The number of sulfone groups is 1. The highest BCUT2D eigenvalue weighted by atomic mass is 32.2. The lowest BCUT2D eigenvalue weighted by molar-refractivity contribution is -0.384. The standard InChI is InChI=1S/C12H14N2O6S/c15-12(13-9-5-6-21(18,19)8-9)7-20-11-3-1-10(2-4-11)14(16)17/h1-4,9H,5-8H2,(H,13,15)/t9-/m0/s1. The molecule has 0 radical (unpaired) electrons. The van der Waals surface area contributed by atoms with E-state index in [4.69, 9.17) is 4.74 Å². The Kier molecular flexibility index (Phi) is 4.41. The number of nitrogens with one attached hydrogen (secondary N) is 1. The molecule has 1 heterocycles. The van der Waals surface area contributed by atoms with Gasteiger partial charge in [-0.2, -0.15) is 0 Å². The van der Waals surface area contributed by atoms with Crippen molar-refractivity contribution in [3.8, 4) is 5.75 Å². The molecule has 1 amide bonds. The van der Waals surface area contributed by atoms with Crippen molar-refractivity contribution in [2.75, 3.05) is 18.1 Å². The summed E-state index contributed by atoms with van der Waals surface area (Å²) in [5, 5.41) is 13.1. The highest BCUT2D eigenvalue weighted by Gasteiger charge is 2.28. The number of carbonyl (C=O) groups is 1. The van der Waals surface area contributed by atoms with Gasteiger partial charge in [-0.05, 0) is 18.6 Å². The van der Waals surface area contributed by atoms with Crippen LogP contribution in [-0.2, 0) is 14.6 Å². The fraction of sp³-hybridized carbons (Fsp3) is 0.417. The zero-order valence-corrected chi connectivity index (χ0v) is 11.8. The Morgan fingerprint density at radius 2 is 2.05 bits per heavy atom. The summed E-state index contributed by atoms with van der Waals surface area (Å²) < 4.78 is 27.7. The van der Waals surface area contributed by atoms with Gasteiger partial charge in [-0.25, -0.2) is 8.42 Å². The van der Waals surface area contributed by atoms with Gasteiger partial charge in [0, 0.05) is 18.2 Å². The Morgan fingerprint density at radius 3 is 2.57 bits per heavy atom. The van der Waals surface area contributed by atoms with E-state index in [2.05, 4.69) is 5.32 Å². The molecule has 2 rings (SSSR count). The number of rotatable bonds is 5. The number of non-ortho nitro benzene ring substituents is 1. The number of amides is 1. The molecule has 114 valence electrons. The SMILES string of the molecule is O=C(COc1ccc([N+](=O)[O-])cc1)N[C@H]1CCS(=O)(=O)C1. The maximum absolute atomic E-state index is 11.6. The molecule has 21 heavy (non-hydrogen) atoms. The van der Waals surface area contributed by atoms with Crippen molar-refractivity contribution in [3.05, 3.63) is 34.4 Å². The predicted octanol–water partition coefficient (Wildman–Crippen LogP) is 0.277. The first-order chi connectivity index (χ1) is 9.85. The summed E-state index contributed by atoms with van der Waals surface area (Å²) in [7, 11) is -3.04. The van der Waals surface area contributed by atoms with Crippen LogP contribution in [0.2, 0.25) is 0 Å². The number of nitro benzene ring substituents is 1. The molecule has 9 heteroatoms. The number of nitro groups is 1. The minimum absolute atomic E-state index is 0.0454. The lowest BCUT2D eigenvalue weighted by Crippen LogP contribution is -2.38. The number of hydrogen-bond donors (Lipinski definition) is 1. The zero-order valence-electron chi connectivity index (χ0n) is 11.0. The quantitative estimate of drug-likeness (QED) is 0.616. The van der Waals surface area contributed by atoms with E-state index in [0.717, 1.165) is 0 Å². The summed E-state index contributed by atoms with van der Waals surface area (Å²) in [6.45, 7) is -0.269. The third kappa shape index (κ3) is 4.42. The molecular weight excluding hydrogens is 300 g/mol. The van der Waals surface area contributed by atoms with Gasteiger partial charge in [0.15, 0.2) is 16.4 Å². The van der Waals surface area contributed by atoms with Crippen LogP contribution >= 0.6 is 0 Å². The molecule has 1 fully saturated rings. The molecule has 0 saturated carbocycles. The third-order valence-electron chi connectivity index (χ3n) is 3.02. The number of carbonyl (C=O) groups excluding carboxylic acids is 1. The first-order valence-corrected chi connectivity index (χ1v) is 8.05. The van der Waals surface area contributed by atoms with E-state index in [-0.39, 0.29) is 29.8 Å². The van der Waals surface area contributed by atoms with Crippen molar-refractivity contribution in [2.24, 2.45) is 0 Å². The molecule has 1 N–H and O–H groups in total. The Labute approximate surface area is 121 Å². The molecule has 1 saturated heterocycles. The molecule has 0 aliphatic carbocycles. The van der Waals surface area contributed by atoms with Gasteiger partial charge in [0.1, 0.15) is 5.75 Å². The maximum Gasteiger partial charge on any atom is 0.269 e. The summed E-state index contributed by atoms with van der Waals surface area (Å²) in [5.41, 5.74) is -0.0667. The predicted molar refractivity (Wildman–Crippen MR) is 73.8 cm³/mol. The molecule has 0 spiro atoms. The van der Waals surface area contributed by atoms with Gasteiger partial charge in [-0.15, -0.1) is 0 Å². The molecule has 1 aromatic carbocycles. The molecular formula is C12H14N2O6S. The van der Waals surface area contributed by atoms with Crippen LogP contribution < -0.4 is 10.1 Å². The maximum atomic E-state index is 11.6. The minimum atomic E-state index is -3.04. The molecule has 1 aliphatic rings. The van der Waals surface area contributed by atoms with Crippen molar-refractivity contribution >= 4 is 21.4 Å². The van der Waals surface area contributed by atoms with Crippen LogP contribution in [0.1, 0.15) is 6.42 Å². The van der Waals surface area contributed by atoms with E-state index in [9.17, 15) is 23.3 Å². The Balaban J connectivity index is 1.80. The summed E-state index contributed by atoms with van der Waals surface area (Å²) >= 11 is 0. The van der Waals surface area contributed by atoms with E-state index in [0.29, 0.717) is 12.2 Å². The Bertz CT molecular complexity index is 640. The van der Waals surface area contributed by atoms with E-state index in [1.807, 2.05) is 0 Å². The van der Waals surface area contributed by atoms with Gasteiger partial charge in [-0.1, -0.05) is 0 Å². The number of nitrogens with zero attached hydrogens (tertiary/aromatic N) is 1. The van der Waals surface area contributed by atoms with Crippen LogP contribution in [0.4, 0.5) is 5.69 Å². The van der Waals surface area contributed by atoms with E-state index >= 15 is 0 Å². The van der Waals surface area contributed by atoms with Crippen molar-refractivity contribution in [2.45, 2.75) is 12.5 Å². The fourth-order valence-electron chi connectivity index (χ4n) is 1.99. The fourth-order valence-corrected chi connectivity index (χ4v) is 3.66. The van der Waals surface area contributed by atoms with Crippen LogP contribution in [0.25, 0.3) is 0 Å². The minimum Gasteiger partial charge on any atom is -0.484 e. The summed E-state index contributed by atoms with van der Waals surface area (Å²) in [4.78, 5) is 21.6. The first kappa shape index (κ1) is 15.2. The van der Waals surface area contributed by atoms with Gasteiger partial charge in [0.05, 0.1) is 16.4 Å². The van der Waals surface area contributed by atoms with Gasteiger partial charge in [0.25, 0.3) is 11.6 Å². The second-order valence-corrected chi connectivity index (χ2v) is 6.94. The van der Waals surface area contributed by atoms with Crippen molar-refractivity contribution < 1.29 is 22.9 Å². The second-order valence-electron chi connectivity index (χ2n) is 4.71. The first-order valence-electron chi connectivity index (χ1n) is 6.23. The Morgan fingerprint density at radius 1 is 1.38 bits per heavy atom. The zero-order chi connectivity index (χ0) is 15.5. The molecule has 0 unspecified atom stereocenters. The van der Waals surface area contributed by atoms with Gasteiger partial charge >= 0.3 is 0 Å². The average Bonchev–Trinajstić information content (AvgIpc) is 2.76. The highest BCUT2D eigenvalue weighted by molar-refractivity contribution is 7.91. The molecule has 8 nitrogen and oxygen atoms in total. The average molecular weight is 314 g/mol. The molecule has 1 aromatic rings. The topological polar surface area (TPSA) is 116 Å². The van der Waals surface area contributed by atoms with Crippen molar-refractivity contribution in [1.82, 2.24) is 5.32 Å². The number of hydrogen-bond acceptors (Lipinski definition) is 6. The summed E-state index contributed by atoms with van der Waals surface area (Å²) in [6.07, 6.45) is 0.408. The van der Waals surface area contributed by atoms with Crippen LogP contribution in [0, 0.1) is 10.1 Å². The lowest BCUT2D eigenvalue weighted by atomic mass is 10.2. The van der Waals surface area contributed by atoms with Crippen LogP contribution in [-0.4, -0.2) is 43.4 Å². The smallest absolute Gasteiger partial charge is 0.269 e. The van der Waals surface area contributed by atoms with Crippen molar-refractivity contribution in [1.29, 1.82) is 0 Å². The normalized spacial score (nSPS) is 19.9. The molecule has 0 aromatic heterocycles. The van der Waals surface area contributed by atoms with Gasteiger partial charge < -0.3 is 10.1 Å². The number of ether oxygens (including phenoxy) is 1. The molecule has 0 bridgehead atoms. The van der Waals surface area contributed by atoms with Crippen molar-refractivity contribution in [3.63, 3.8) is 0 Å². The van der Waals surface area contributed by atoms with Gasteiger partial charge in [0.2, 0.25) is 0 Å². The van der Waals surface area contributed by atoms with Gasteiger partial charge in [-0.3, -0.25) is 14.9 Å². The van der Waals surface area contributed by atoms with E-state index in [1.54, 1.807) is 0 Å². The number of benzene rings is 1. The van der Waals surface area contributed by atoms with Crippen LogP contribution in [0.3, 0.4) is 0 Å². The third-order valence-corrected chi connectivity index (χ3v) is 4.78. The lowest BCUT2D eigenvalue weighted by Gasteiger charge is -2.11. The highest BCUT2D eigenvalue weighted by Crippen LogP contribution is 2.17. The summed E-state index contributed by atoms with van der Waals surface area (Å²) in [5.74, 6) is -0.0532. The summed E-state index contributed by atoms with van der Waals surface area (Å²) in [6, 6.07) is 4.97. The van der Waals surface area contributed by atoms with Crippen LogP contribution in [0.15, 0.2) is 24.3 Å².